The van der Waals surface area contributed by atoms with E-state index in [-0.39, 0.29) is 0 Å². The van der Waals surface area contributed by atoms with Gasteiger partial charge in [0, 0.05) is 6.07 Å². The van der Waals surface area contributed by atoms with Gasteiger partial charge in [-0.3, -0.25) is 0 Å². The Morgan fingerprint density at radius 1 is 1.19 bits per heavy atom. The lowest BCUT2D eigenvalue weighted by Gasteiger charge is -2.17. The monoisotopic (exact) mass is 289 g/mol. The van der Waals surface area contributed by atoms with Crippen molar-refractivity contribution in [3.63, 3.8) is 0 Å². The van der Waals surface area contributed by atoms with E-state index in [1.807, 2.05) is 12.1 Å². The second kappa shape index (κ2) is 5.37. The highest BCUT2D eigenvalue weighted by Crippen LogP contribution is 2.37. The van der Waals surface area contributed by atoms with E-state index in [9.17, 15) is 0 Å². The predicted molar refractivity (Wildman–Crippen MR) is 77.2 cm³/mol. The predicted octanol–water partition coefficient (Wildman–Crippen LogP) is 2.48. The van der Waals surface area contributed by atoms with Gasteiger partial charge in [-0.15, -0.1) is 0 Å². The molecule has 1 saturated carbocycles. The number of methoxy groups -OCH3 is 2. The summed E-state index contributed by atoms with van der Waals surface area (Å²) in [4.78, 5) is 4.47. The molecule has 1 fully saturated rings. The summed E-state index contributed by atoms with van der Waals surface area (Å²) in [6.07, 6.45) is 4.00. The molecule has 1 aliphatic carbocycles. The molecule has 21 heavy (non-hydrogen) atoms. The Hall–Kier alpha value is -2.08. The molecule has 0 amide bonds. The maximum absolute atomic E-state index is 6.35. The molecule has 1 aromatic heterocycles. The van der Waals surface area contributed by atoms with Crippen molar-refractivity contribution in [1.29, 1.82) is 0 Å². The molecule has 0 aliphatic heterocycles. The number of nitrogens with zero attached hydrogens (tertiary/aromatic N) is 2. The Balaban J connectivity index is 1.96. The first-order chi connectivity index (χ1) is 10.2. The van der Waals surface area contributed by atoms with Gasteiger partial charge in [0.05, 0.1) is 25.3 Å². The summed E-state index contributed by atoms with van der Waals surface area (Å²) >= 11 is 0. The summed E-state index contributed by atoms with van der Waals surface area (Å²) in [5, 5.41) is 4.07. The molecule has 0 bridgehead atoms. The van der Waals surface area contributed by atoms with Crippen molar-refractivity contribution in [2.75, 3.05) is 14.2 Å². The molecule has 1 aliphatic rings. The first-order valence-electron chi connectivity index (χ1n) is 7.02. The molecule has 6 heteroatoms. The van der Waals surface area contributed by atoms with Crippen LogP contribution in [-0.2, 0) is 5.54 Å². The van der Waals surface area contributed by atoms with Gasteiger partial charge in [0.15, 0.2) is 5.82 Å². The van der Waals surface area contributed by atoms with Crippen LogP contribution in [-0.4, -0.2) is 24.4 Å². The summed E-state index contributed by atoms with van der Waals surface area (Å²) in [5.41, 5.74) is 6.63. The summed E-state index contributed by atoms with van der Waals surface area (Å²) in [7, 11) is 3.20. The Morgan fingerprint density at radius 2 is 1.95 bits per heavy atom. The summed E-state index contributed by atoms with van der Waals surface area (Å²) in [6.45, 7) is 0. The minimum atomic E-state index is -0.457. The van der Waals surface area contributed by atoms with E-state index < -0.39 is 5.54 Å². The number of nitrogens with two attached hydrogens (primary N) is 1. The van der Waals surface area contributed by atoms with Crippen LogP contribution < -0.4 is 15.2 Å². The number of rotatable bonds is 4. The highest BCUT2D eigenvalue weighted by Gasteiger charge is 2.36. The van der Waals surface area contributed by atoms with Gasteiger partial charge >= 0.3 is 0 Å². The van der Waals surface area contributed by atoms with Gasteiger partial charge in [-0.25, -0.2) is 0 Å². The zero-order valence-corrected chi connectivity index (χ0v) is 12.3. The zero-order chi connectivity index (χ0) is 14.9. The molecule has 1 heterocycles. The van der Waals surface area contributed by atoms with Crippen LogP contribution in [0.25, 0.3) is 11.5 Å². The number of aromatic nitrogens is 2. The average Bonchev–Trinajstić information content (AvgIpc) is 3.16. The quantitative estimate of drug-likeness (QED) is 0.931. The van der Waals surface area contributed by atoms with Crippen LogP contribution >= 0.6 is 0 Å². The summed E-state index contributed by atoms with van der Waals surface area (Å²) < 4.78 is 15.9. The van der Waals surface area contributed by atoms with E-state index >= 15 is 0 Å². The second-order valence-corrected chi connectivity index (χ2v) is 5.35. The first-order valence-corrected chi connectivity index (χ1v) is 7.02. The molecule has 2 aromatic rings. The molecule has 0 unspecified atom stereocenters. The Labute approximate surface area is 123 Å². The molecule has 0 spiro atoms. The molecular formula is C15H19N3O3. The van der Waals surface area contributed by atoms with Crippen molar-refractivity contribution in [3.8, 4) is 23.0 Å². The zero-order valence-electron chi connectivity index (χ0n) is 12.3. The van der Waals surface area contributed by atoms with E-state index in [2.05, 4.69) is 10.1 Å². The van der Waals surface area contributed by atoms with Crippen molar-refractivity contribution in [1.82, 2.24) is 10.1 Å². The van der Waals surface area contributed by atoms with Crippen LogP contribution in [0.4, 0.5) is 0 Å². The molecule has 0 atom stereocenters. The van der Waals surface area contributed by atoms with Gasteiger partial charge in [-0.1, -0.05) is 18.0 Å². The number of hydrogen-bond donors (Lipinski definition) is 1. The lowest BCUT2D eigenvalue weighted by atomic mass is 9.99. The Bertz CT molecular complexity index is 633. The minimum absolute atomic E-state index is 0.418. The van der Waals surface area contributed by atoms with Crippen LogP contribution in [0.3, 0.4) is 0 Å². The lowest BCUT2D eigenvalue weighted by molar-refractivity contribution is 0.369. The molecular weight excluding hydrogens is 270 g/mol. The largest absolute Gasteiger partial charge is 0.497 e. The van der Waals surface area contributed by atoms with Gasteiger partial charge < -0.3 is 19.7 Å². The number of ether oxygens (including phenoxy) is 2. The normalized spacial score (nSPS) is 16.9. The molecule has 6 nitrogen and oxygen atoms in total. The van der Waals surface area contributed by atoms with Crippen LogP contribution in [0.2, 0.25) is 0 Å². The van der Waals surface area contributed by atoms with Crippen molar-refractivity contribution < 1.29 is 14.0 Å². The Morgan fingerprint density at radius 3 is 2.62 bits per heavy atom. The van der Waals surface area contributed by atoms with Gasteiger partial charge in [0.1, 0.15) is 11.5 Å². The maximum Gasteiger partial charge on any atom is 0.261 e. The summed E-state index contributed by atoms with van der Waals surface area (Å²) in [5.74, 6) is 2.33. The topological polar surface area (TPSA) is 83.4 Å². The van der Waals surface area contributed by atoms with Crippen molar-refractivity contribution in [2.24, 2.45) is 5.73 Å². The van der Waals surface area contributed by atoms with E-state index in [4.69, 9.17) is 19.7 Å². The molecule has 1 aromatic carbocycles. The molecule has 0 saturated heterocycles. The summed E-state index contributed by atoms with van der Waals surface area (Å²) in [6, 6.07) is 5.45. The standard InChI is InChI=1S/C15H19N3O3/c1-19-10-5-6-11(12(9-10)20-2)13-17-14(18-21-13)15(16)7-3-4-8-15/h5-6,9H,3-4,7-8,16H2,1-2H3. The minimum Gasteiger partial charge on any atom is -0.497 e. The van der Waals surface area contributed by atoms with Gasteiger partial charge in [0.2, 0.25) is 0 Å². The van der Waals surface area contributed by atoms with Crippen molar-refractivity contribution in [3.05, 3.63) is 24.0 Å². The lowest BCUT2D eigenvalue weighted by Crippen LogP contribution is -2.34. The number of hydrogen-bond acceptors (Lipinski definition) is 6. The molecule has 3 rings (SSSR count). The smallest absolute Gasteiger partial charge is 0.261 e. The first kappa shape index (κ1) is 13.9. The third kappa shape index (κ3) is 2.47. The van der Waals surface area contributed by atoms with Gasteiger partial charge in [0.25, 0.3) is 5.89 Å². The fourth-order valence-corrected chi connectivity index (χ4v) is 2.74. The van der Waals surface area contributed by atoms with E-state index in [0.717, 1.165) is 31.2 Å². The maximum atomic E-state index is 6.35. The van der Waals surface area contributed by atoms with E-state index in [0.29, 0.717) is 23.2 Å². The van der Waals surface area contributed by atoms with E-state index in [1.54, 1.807) is 20.3 Å². The van der Waals surface area contributed by atoms with Crippen LogP contribution in [0.15, 0.2) is 22.7 Å². The fraction of sp³-hybridized carbons (Fsp3) is 0.467. The van der Waals surface area contributed by atoms with Gasteiger partial charge in [-0.05, 0) is 25.0 Å². The highest BCUT2D eigenvalue weighted by molar-refractivity contribution is 5.64. The molecule has 112 valence electrons. The van der Waals surface area contributed by atoms with Crippen LogP contribution in [0, 0.1) is 0 Å². The fourth-order valence-electron chi connectivity index (χ4n) is 2.74. The van der Waals surface area contributed by atoms with E-state index in [1.165, 1.54) is 0 Å². The SMILES string of the molecule is COc1ccc(-c2nc(C3(N)CCCC3)no2)c(OC)c1. The average molecular weight is 289 g/mol. The third-order valence-electron chi connectivity index (χ3n) is 4.01. The van der Waals surface area contributed by atoms with Crippen LogP contribution in [0.1, 0.15) is 31.5 Å². The van der Waals surface area contributed by atoms with Crippen molar-refractivity contribution in [2.45, 2.75) is 31.2 Å². The highest BCUT2D eigenvalue weighted by atomic mass is 16.5. The number of benzene rings is 1. The molecule has 0 radical (unpaired) electrons. The third-order valence-corrected chi connectivity index (χ3v) is 4.01. The van der Waals surface area contributed by atoms with Crippen LogP contribution in [0.5, 0.6) is 11.5 Å². The molecule has 2 N–H and O–H groups in total. The van der Waals surface area contributed by atoms with Gasteiger partial charge in [-0.2, -0.15) is 4.98 Å². The Kier molecular flexibility index (Phi) is 3.55. The van der Waals surface area contributed by atoms with Crippen molar-refractivity contribution >= 4 is 0 Å². The second-order valence-electron chi connectivity index (χ2n) is 5.35.